The van der Waals surface area contributed by atoms with E-state index in [-0.39, 0.29) is 5.91 Å². The molecule has 0 bridgehead atoms. The summed E-state index contributed by atoms with van der Waals surface area (Å²) in [6.07, 6.45) is 6.35. The number of para-hydroxylation sites is 2. The Kier molecular flexibility index (Phi) is 4.26. The molecule has 0 spiro atoms. The number of benzene rings is 1. The molecule has 1 aliphatic heterocycles. The van der Waals surface area contributed by atoms with Crippen molar-refractivity contribution >= 4 is 16.9 Å². The number of H-pyrrole nitrogens is 1. The van der Waals surface area contributed by atoms with Gasteiger partial charge in [0.2, 0.25) is 5.91 Å². The summed E-state index contributed by atoms with van der Waals surface area (Å²) in [4.78, 5) is 19.1. The van der Waals surface area contributed by atoms with Crippen molar-refractivity contribution in [2.24, 2.45) is 0 Å². The van der Waals surface area contributed by atoms with Crippen molar-refractivity contribution in [2.45, 2.75) is 38.6 Å². The lowest BCUT2D eigenvalue weighted by atomic mass is 9.93. The predicted octanol–water partition coefficient (Wildman–Crippen LogP) is 2.86. The third kappa shape index (κ3) is 3.16. The van der Waals surface area contributed by atoms with Crippen molar-refractivity contribution in [3.05, 3.63) is 48.0 Å². The highest BCUT2D eigenvalue weighted by atomic mass is 16.2. The van der Waals surface area contributed by atoms with Crippen molar-refractivity contribution in [3.8, 4) is 0 Å². The first-order valence-corrected chi connectivity index (χ1v) is 8.90. The van der Waals surface area contributed by atoms with E-state index in [0.29, 0.717) is 18.9 Å². The Hall–Kier alpha value is -2.63. The van der Waals surface area contributed by atoms with Gasteiger partial charge in [0.1, 0.15) is 0 Å². The second-order valence-electron chi connectivity index (χ2n) is 6.82. The van der Waals surface area contributed by atoms with Crippen LogP contribution in [0.4, 0.5) is 0 Å². The van der Waals surface area contributed by atoms with Gasteiger partial charge in [0.15, 0.2) is 0 Å². The summed E-state index contributed by atoms with van der Waals surface area (Å²) >= 11 is 0. The number of hydrogen-bond donors (Lipinski definition) is 1. The fourth-order valence-electron chi connectivity index (χ4n) is 3.77. The number of aromatic amines is 1. The topological polar surface area (TPSA) is 66.8 Å². The van der Waals surface area contributed by atoms with Crippen LogP contribution in [0.3, 0.4) is 0 Å². The molecule has 130 valence electrons. The number of fused-ring (bicyclic) bond motifs is 1. The van der Waals surface area contributed by atoms with Crippen LogP contribution in [-0.2, 0) is 11.3 Å². The first-order valence-electron chi connectivity index (χ1n) is 8.90. The lowest BCUT2D eigenvalue weighted by Gasteiger charge is -2.32. The lowest BCUT2D eigenvalue weighted by Crippen LogP contribution is -2.39. The van der Waals surface area contributed by atoms with E-state index in [2.05, 4.69) is 26.7 Å². The van der Waals surface area contributed by atoms with E-state index in [9.17, 15) is 4.79 Å². The van der Waals surface area contributed by atoms with Crippen molar-refractivity contribution < 1.29 is 4.79 Å². The number of aryl methyl sites for hydroxylation is 2. The number of hydrogen-bond acceptors (Lipinski definition) is 3. The smallest absolute Gasteiger partial charge is 0.224 e. The Balaban J connectivity index is 1.40. The molecule has 1 fully saturated rings. The van der Waals surface area contributed by atoms with Gasteiger partial charge in [-0.3, -0.25) is 9.89 Å². The molecule has 2 aromatic heterocycles. The standard InChI is InChI=1S/C19H23N5O/c1-14-11-21-22-19(14)15-5-4-9-23(12-15)18(25)8-10-24-13-20-16-6-2-3-7-17(16)24/h2-3,6-7,11,13,15H,4-5,8-10,12H2,1H3,(H,21,22)/t15-/m0/s1. The largest absolute Gasteiger partial charge is 0.342 e. The van der Waals surface area contributed by atoms with Crippen molar-refractivity contribution in [1.29, 1.82) is 0 Å². The van der Waals surface area contributed by atoms with Gasteiger partial charge in [-0.2, -0.15) is 5.10 Å². The molecule has 3 aromatic rings. The average Bonchev–Trinajstić information content (AvgIpc) is 3.26. The third-order valence-corrected chi connectivity index (χ3v) is 5.14. The Labute approximate surface area is 146 Å². The maximum absolute atomic E-state index is 12.7. The second kappa shape index (κ2) is 6.70. The lowest BCUT2D eigenvalue weighted by molar-refractivity contribution is -0.132. The zero-order valence-electron chi connectivity index (χ0n) is 14.5. The summed E-state index contributed by atoms with van der Waals surface area (Å²) in [7, 11) is 0. The fourth-order valence-corrected chi connectivity index (χ4v) is 3.77. The normalized spacial score (nSPS) is 18.0. The molecule has 4 rings (SSSR count). The van der Waals surface area contributed by atoms with E-state index >= 15 is 0 Å². The zero-order valence-corrected chi connectivity index (χ0v) is 14.5. The van der Waals surface area contributed by atoms with Crippen LogP contribution in [0.2, 0.25) is 0 Å². The monoisotopic (exact) mass is 337 g/mol. The Morgan fingerprint density at radius 1 is 1.36 bits per heavy atom. The molecule has 1 atom stereocenters. The molecule has 1 aliphatic rings. The number of nitrogens with zero attached hydrogens (tertiary/aromatic N) is 4. The maximum Gasteiger partial charge on any atom is 0.224 e. The minimum absolute atomic E-state index is 0.222. The minimum atomic E-state index is 0.222. The quantitative estimate of drug-likeness (QED) is 0.796. The molecular weight excluding hydrogens is 314 g/mol. The SMILES string of the molecule is Cc1cn[nH]c1[C@H]1CCCN(C(=O)CCn2cnc3ccccc32)C1. The molecule has 1 N–H and O–H groups in total. The molecule has 6 heteroatoms. The highest BCUT2D eigenvalue weighted by Gasteiger charge is 2.26. The molecule has 0 saturated carbocycles. The number of likely N-dealkylation sites (tertiary alicyclic amines) is 1. The minimum Gasteiger partial charge on any atom is -0.342 e. The van der Waals surface area contributed by atoms with Gasteiger partial charge in [-0.15, -0.1) is 0 Å². The summed E-state index contributed by atoms with van der Waals surface area (Å²) in [6, 6.07) is 8.03. The summed E-state index contributed by atoms with van der Waals surface area (Å²) in [6.45, 7) is 4.38. The summed E-state index contributed by atoms with van der Waals surface area (Å²) in [5, 5.41) is 7.24. The Morgan fingerprint density at radius 3 is 3.08 bits per heavy atom. The van der Waals surface area contributed by atoms with Gasteiger partial charge in [0, 0.05) is 37.7 Å². The van der Waals surface area contributed by atoms with Crippen molar-refractivity contribution in [1.82, 2.24) is 24.6 Å². The van der Waals surface area contributed by atoms with Crippen molar-refractivity contribution in [3.63, 3.8) is 0 Å². The molecule has 25 heavy (non-hydrogen) atoms. The highest BCUT2D eigenvalue weighted by molar-refractivity contribution is 5.77. The van der Waals surface area contributed by atoms with Gasteiger partial charge < -0.3 is 9.47 Å². The number of carbonyl (C=O) groups excluding carboxylic acids is 1. The van der Waals surface area contributed by atoms with E-state index in [1.54, 1.807) is 0 Å². The van der Waals surface area contributed by atoms with Crippen LogP contribution in [0.25, 0.3) is 11.0 Å². The number of rotatable bonds is 4. The number of carbonyl (C=O) groups is 1. The van der Waals surface area contributed by atoms with E-state index in [1.807, 2.05) is 41.7 Å². The van der Waals surface area contributed by atoms with Gasteiger partial charge >= 0.3 is 0 Å². The van der Waals surface area contributed by atoms with Gasteiger partial charge in [0.25, 0.3) is 0 Å². The average molecular weight is 337 g/mol. The van der Waals surface area contributed by atoms with E-state index in [4.69, 9.17) is 0 Å². The number of imidazole rings is 1. The molecule has 3 heterocycles. The van der Waals surface area contributed by atoms with Crippen LogP contribution in [0.15, 0.2) is 36.8 Å². The molecule has 1 saturated heterocycles. The van der Waals surface area contributed by atoms with Crippen LogP contribution >= 0.6 is 0 Å². The van der Waals surface area contributed by atoms with Gasteiger partial charge in [-0.1, -0.05) is 12.1 Å². The van der Waals surface area contributed by atoms with E-state index in [1.165, 1.54) is 11.3 Å². The fraction of sp³-hybridized carbons (Fsp3) is 0.421. The zero-order chi connectivity index (χ0) is 17.2. The Morgan fingerprint density at radius 2 is 2.24 bits per heavy atom. The summed E-state index contributed by atoms with van der Waals surface area (Å²) < 4.78 is 2.06. The number of amides is 1. The molecule has 1 aromatic carbocycles. The molecular formula is C19H23N5O. The van der Waals surface area contributed by atoms with Gasteiger partial charge in [-0.05, 0) is 37.5 Å². The number of piperidine rings is 1. The summed E-state index contributed by atoms with van der Waals surface area (Å²) in [5.74, 6) is 0.592. The van der Waals surface area contributed by atoms with Crippen LogP contribution in [0, 0.1) is 6.92 Å². The molecule has 1 amide bonds. The van der Waals surface area contributed by atoms with Crippen LogP contribution in [-0.4, -0.2) is 43.6 Å². The highest BCUT2D eigenvalue weighted by Crippen LogP contribution is 2.27. The van der Waals surface area contributed by atoms with Crippen LogP contribution in [0.1, 0.15) is 36.4 Å². The van der Waals surface area contributed by atoms with E-state index in [0.717, 1.165) is 37.0 Å². The summed E-state index contributed by atoms with van der Waals surface area (Å²) in [5.41, 5.74) is 4.42. The van der Waals surface area contributed by atoms with Crippen LogP contribution in [0.5, 0.6) is 0 Å². The number of aromatic nitrogens is 4. The Bertz CT molecular complexity index is 881. The molecule has 6 nitrogen and oxygen atoms in total. The van der Waals surface area contributed by atoms with Crippen LogP contribution < -0.4 is 0 Å². The first kappa shape index (κ1) is 15.9. The number of nitrogens with one attached hydrogen (secondary N) is 1. The molecule has 0 aliphatic carbocycles. The van der Waals surface area contributed by atoms with Gasteiger partial charge in [-0.25, -0.2) is 4.98 Å². The van der Waals surface area contributed by atoms with Crippen molar-refractivity contribution in [2.75, 3.05) is 13.1 Å². The van der Waals surface area contributed by atoms with E-state index < -0.39 is 0 Å². The second-order valence-corrected chi connectivity index (χ2v) is 6.82. The first-order chi connectivity index (χ1) is 12.2. The molecule has 0 unspecified atom stereocenters. The maximum atomic E-state index is 12.7. The predicted molar refractivity (Wildman–Crippen MR) is 96.2 cm³/mol. The van der Waals surface area contributed by atoms with Gasteiger partial charge in [0.05, 0.1) is 23.6 Å². The third-order valence-electron chi connectivity index (χ3n) is 5.14. The molecule has 0 radical (unpaired) electrons.